The second-order valence-corrected chi connectivity index (χ2v) is 8.12. The molecule has 1 unspecified atom stereocenters. The maximum Gasteiger partial charge on any atom is 0.246 e. The Kier molecular flexibility index (Phi) is 5.22. The minimum atomic E-state index is -2.98. The number of carbonyl (C=O) groups is 1. The number of rotatable bonds is 4. The van der Waals surface area contributed by atoms with Crippen molar-refractivity contribution in [3.63, 3.8) is 0 Å². The number of likely N-dealkylation sites (N-methyl/N-ethyl adjacent to an activating group) is 1. The number of carbonyl (C=O) groups excluding carboxylic acids is 1. The predicted octanol–water partition coefficient (Wildman–Crippen LogP) is 2.50. The highest BCUT2D eigenvalue weighted by molar-refractivity contribution is 9.10. The summed E-state index contributed by atoms with van der Waals surface area (Å²) in [6, 6.07) is 7.42. The zero-order chi connectivity index (χ0) is 15.5. The summed E-state index contributed by atoms with van der Waals surface area (Å²) in [7, 11) is -2.98. The number of benzene rings is 1. The molecule has 1 aliphatic heterocycles. The first-order chi connectivity index (χ1) is 9.93. The second-order valence-electron chi connectivity index (χ2n) is 5.04. The molecule has 1 aromatic rings. The van der Waals surface area contributed by atoms with Crippen LogP contribution >= 0.6 is 15.9 Å². The fourth-order valence-electron chi connectivity index (χ4n) is 2.48. The molecule has 0 aromatic heterocycles. The SMILES string of the molecule is CCN(C(=O)/C=C/c1ccccc1Br)C1CCS(=O)(=O)C1. The summed E-state index contributed by atoms with van der Waals surface area (Å²) in [6.45, 7) is 2.38. The Morgan fingerprint density at radius 3 is 2.71 bits per heavy atom. The molecule has 1 amide bonds. The minimum absolute atomic E-state index is 0.0788. The third-order valence-electron chi connectivity index (χ3n) is 3.58. The minimum Gasteiger partial charge on any atom is -0.335 e. The lowest BCUT2D eigenvalue weighted by atomic mass is 10.2. The fourth-order valence-corrected chi connectivity index (χ4v) is 4.63. The van der Waals surface area contributed by atoms with E-state index in [0.29, 0.717) is 13.0 Å². The number of hydrogen-bond donors (Lipinski definition) is 0. The smallest absolute Gasteiger partial charge is 0.246 e. The molecule has 0 radical (unpaired) electrons. The summed E-state index contributed by atoms with van der Waals surface area (Å²) in [5.74, 6) is 0.112. The van der Waals surface area contributed by atoms with Gasteiger partial charge in [-0.3, -0.25) is 4.79 Å². The number of halogens is 1. The molecule has 1 aromatic carbocycles. The van der Waals surface area contributed by atoms with Crippen LogP contribution in [0.25, 0.3) is 6.08 Å². The lowest BCUT2D eigenvalue weighted by Gasteiger charge is -2.25. The predicted molar refractivity (Wildman–Crippen MR) is 87.6 cm³/mol. The first kappa shape index (κ1) is 16.2. The van der Waals surface area contributed by atoms with E-state index < -0.39 is 9.84 Å². The van der Waals surface area contributed by atoms with Gasteiger partial charge in [0.15, 0.2) is 9.84 Å². The van der Waals surface area contributed by atoms with Gasteiger partial charge in [-0.25, -0.2) is 8.42 Å². The Morgan fingerprint density at radius 2 is 2.14 bits per heavy atom. The van der Waals surface area contributed by atoms with E-state index >= 15 is 0 Å². The summed E-state index contributed by atoms with van der Waals surface area (Å²) < 4.78 is 24.0. The van der Waals surface area contributed by atoms with E-state index in [0.717, 1.165) is 10.0 Å². The molecule has 0 N–H and O–H groups in total. The highest BCUT2D eigenvalue weighted by Gasteiger charge is 2.33. The maximum absolute atomic E-state index is 12.3. The molecule has 4 nitrogen and oxygen atoms in total. The molecular weight excluding hydrogens is 354 g/mol. The van der Waals surface area contributed by atoms with Gasteiger partial charge in [-0.1, -0.05) is 34.1 Å². The number of sulfone groups is 1. The number of amides is 1. The van der Waals surface area contributed by atoms with Gasteiger partial charge in [0.1, 0.15) is 0 Å². The van der Waals surface area contributed by atoms with Crippen molar-refractivity contribution >= 4 is 37.8 Å². The van der Waals surface area contributed by atoms with Gasteiger partial charge in [0.2, 0.25) is 5.91 Å². The molecule has 0 spiro atoms. The monoisotopic (exact) mass is 371 g/mol. The van der Waals surface area contributed by atoms with Gasteiger partial charge in [-0.05, 0) is 31.1 Å². The lowest BCUT2D eigenvalue weighted by Crippen LogP contribution is -2.40. The van der Waals surface area contributed by atoms with Crippen LogP contribution in [0, 0.1) is 0 Å². The molecule has 1 fully saturated rings. The highest BCUT2D eigenvalue weighted by atomic mass is 79.9. The normalized spacial score (nSPS) is 20.8. The Labute approximate surface area is 133 Å². The van der Waals surface area contributed by atoms with Gasteiger partial charge in [-0.2, -0.15) is 0 Å². The van der Waals surface area contributed by atoms with Crippen LogP contribution in [0.5, 0.6) is 0 Å². The molecule has 0 saturated carbocycles. The van der Waals surface area contributed by atoms with Crippen molar-refractivity contribution in [1.82, 2.24) is 4.90 Å². The Hall–Kier alpha value is -1.14. The summed E-state index contributed by atoms with van der Waals surface area (Å²) in [6.07, 6.45) is 3.79. The van der Waals surface area contributed by atoms with Crippen molar-refractivity contribution in [3.05, 3.63) is 40.4 Å². The van der Waals surface area contributed by atoms with Crippen LogP contribution in [-0.2, 0) is 14.6 Å². The van der Waals surface area contributed by atoms with E-state index in [1.807, 2.05) is 31.2 Å². The molecule has 1 heterocycles. The molecular formula is C15H18BrNO3S. The van der Waals surface area contributed by atoms with Crippen LogP contribution in [0.4, 0.5) is 0 Å². The second kappa shape index (κ2) is 6.75. The topological polar surface area (TPSA) is 54.5 Å². The standard InChI is InChI=1S/C15H18BrNO3S/c1-2-17(13-9-10-21(19,20)11-13)15(18)8-7-12-5-3-4-6-14(12)16/h3-8,13H,2,9-11H2,1H3/b8-7+. The number of nitrogens with zero attached hydrogens (tertiary/aromatic N) is 1. The van der Waals surface area contributed by atoms with Crippen molar-refractivity contribution in [1.29, 1.82) is 0 Å². The zero-order valence-corrected chi connectivity index (χ0v) is 14.2. The third kappa shape index (κ3) is 4.17. The molecule has 21 heavy (non-hydrogen) atoms. The Morgan fingerprint density at radius 1 is 1.43 bits per heavy atom. The maximum atomic E-state index is 12.3. The molecule has 0 aliphatic carbocycles. The Bertz CT molecular complexity index is 655. The quantitative estimate of drug-likeness (QED) is 0.764. The van der Waals surface area contributed by atoms with Crippen LogP contribution < -0.4 is 0 Å². The summed E-state index contributed by atoms with van der Waals surface area (Å²) in [4.78, 5) is 13.9. The van der Waals surface area contributed by atoms with Crippen molar-refractivity contribution in [2.75, 3.05) is 18.1 Å². The van der Waals surface area contributed by atoms with Crippen molar-refractivity contribution in [2.45, 2.75) is 19.4 Å². The lowest BCUT2D eigenvalue weighted by molar-refractivity contribution is -0.127. The van der Waals surface area contributed by atoms with E-state index in [1.54, 1.807) is 11.0 Å². The Balaban J connectivity index is 2.09. The van der Waals surface area contributed by atoms with E-state index in [2.05, 4.69) is 15.9 Å². The van der Waals surface area contributed by atoms with Gasteiger partial charge in [0, 0.05) is 23.1 Å². The van der Waals surface area contributed by atoms with Crippen LogP contribution in [0.3, 0.4) is 0 Å². The summed E-state index contributed by atoms with van der Waals surface area (Å²) in [5.41, 5.74) is 0.918. The van der Waals surface area contributed by atoms with E-state index in [1.165, 1.54) is 6.08 Å². The highest BCUT2D eigenvalue weighted by Crippen LogP contribution is 2.20. The van der Waals surface area contributed by atoms with Crippen molar-refractivity contribution in [2.24, 2.45) is 0 Å². The first-order valence-corrected chi connectivity index (χ1v) is 9.48. The molecule has 1 aliphatic rings. The van der Waals surface area contributed by atoms with E-state index in [-0.39, 0.29) is 23.5 Å². The first-order valence-electron chi connectivity index (χ1n) is 6.86. The molecule has 114 valence electrons. The van der Waals surface area contributed by atoms with Crippen LogP contribution in [0.1, 0.15) is 18.9 Å². The van der Waals surface area contributed by atoms with E-state index in [9.17, 15) is 13.2 Å². The van der Waals surface area contributed by atoms with Gasteiger partial charge >= 0.3 is 0 Å². The third-order valence-corrected chi connectivity index (χ3v) is 6.06. The number of hydrogen-bond acceptors (Lipinski definition) is 3. The summed E-state index contributed by atoms with van der Waals surface area (Å²) >= 11 is 3.43. The zero-order valence-electron chi connectivity index (χ0n) is 11.8. The molecule has 1 saturated heterocycles. The van der Waals surface area contributed by atoms with Crippen molar-refractivity contribution in [3.8, 4) is 0 Å². The van der Waals surface area contributed by atoms with Crippen LogP contribution in [0.15, 0.2) is 34.8 Å². The van der Waals surface area contributed by atoms with E-state index in [4.69, 9.17) is 0 Å². The summed E-state index contributed by atoms with van der Waals surface area (Å²) in [5, 5.41) is 0. The molecule has 1 atom stereocenters. The van der Waals surface area contributed by atoms with Gasteiger partial charge in [-0.15, -0.1) is 0 Å². The van der Waals surface area contributed by atoms with Gasteiger partial charge in [0.05, 0.1) is 11.5 Å². The van der Waals surface area contributed by atoms with Crippen molar-refractivity contribution < 1.29 is 13.2 Å². The van der Waals surface area contributed by atoms with Crippen LogP contribution in [0.2, 0.25) is 0 Å². The average Bonchev–Trinajstić information content (AvgIpc) is 2.79. The fraction of sp³-hybridized carbons (Fsp3) is 0.400. The van der Waals surface area contributed by atoms with Gasteiger partial charge < -0.3 is 4.90 Å². The molecule has 6 heteroatoms. The average molecular weight is 372 g/mol. The van der Waals surface area contributed by atoms with Gasteiger partial charge in [0.25, 0.3) is 0 Å². The molecule has 2 rings (SSSR count). The van der Waals surface area contributed by atoms with Crippen LogP contribution in [-0.4, -0.2) is 43.3 Å². The largest absolute Gasteiger partial charge is 0.335 e. The molecule has 0 bridgehead atoms.